The number of hydrogen-bond donors (Lipinski definition) is 2. The minimum Gasteiger partial charge on any atom is -0.322 e. The Labute approximate surface area is 173 Å². The molecule has 9 heteroatoms. The summed E-state index contributed by atoms with van der Waals surface area (Å²) in [7, 11) is 1.77. The normalized spacial score (nSPS) is 10.2. The lowest BCUT2D eigenvalue weighted by Gasteiger charge is -2.05. The number of nitrogens with one attached hydrogen (secondary N) is 2. The number of rotatable bonds is 5. The van der Waals surface area contributed by atoms with Crippen LogP contribution in [0.1, 0.15) is 33.5 Å². The Morgan fingerprint density at radius 2 is 1.69 bits per heavy atom. The van der Waals surface area contributed by atoms with Gasteiger partial charge < -0.3 is 20.2 Å². The highest BCUT2D eigenvalue weighted by Crippen LogP contribution is 2.22. The zero-order chi connectivity index (χ0) is 23.0. The summed E-state index contributed by atoms with van der Waals surface area (Å²) in [6.45, 7) is 9.46. The predicted molar refractivity (Wildman–Crippen MR) is 111 cm³/mol. The second kappa shape index (κ2) is 16.4. The van der Waals surface area contributed by atoms with Crippen LogP contribution in [0.2, 0.25) is 0 Å². The van der Waals surface area contributed by atoms with E-state index in [2.05, 4.69) is 10.6 Å². The first-order valence-electron chi connectivity index (χ1n) is 8.46. The summed E-state index contributed by atoms with van der Waals surface area (Å²) in [6, 6.07) is 5.11. The van der Waals surface area contributed by atoms with E-state index in [0.29, 0.717) is 5.56 Å². The number of carbonyl (C=O) groups excluding carboxylic acids is 3. The van der Waals surface area contributed by atoms with Gasteiger partial charge in [0.15, 0.2) is 11.6 Å². The molecule has 2 rings (SSSR count). The smallest absolute Gasteiger partial charge is 0.256 e. The highest BCUT2D eigenvalue weighted by molar-refractivity contribution is 7.12. The Morgan fingerprint density at radius 1 is 1.10 bits per heavy atom. The van der Waals surface area contributed by atoms with Gasteiger partial charge in [0.25, 0.3) is 5.91 Å². The van der Waals surface area contributed by atoms with Gasteiger partial charge in [-0.25, -0.2) is 13.2 Å². The first-order chi connectivity index (χ1) is 13.8. The molecule has 1 aromatic carbocycles. The fourth-order valence-corrected chi connectivity index (χ4v) is 2.94. The van der Waals surface area contributed by atoms with Crippen LogP contribution in [0.15, 0.2) is 24.3 Å². The molecule has 1 amide bonds. The number of anilines is 1. The Kier molecular flexibility index (Phi) is 16.3. The molecule has 0 saturated heterocycles. The summed E-state index contributed by atoms with van der Waals surface area (Å²) < 4.78 is 37.3. The molecular weight excluding hydrogens is 405 g/mol. The van der Waals surface area contributed by atoms with Gasteiger partial charge in [-0.3, -0.25) is 4.79 Å². The van der Waals surface area contributed by atoms with Gasteiger partial charge in [0.05, 0.1) is 5.56 Å². The molecular formula is C20H27F3N2O3S. The molecule has 2 N–H and O–H groups in total. The van der Waals surface area contributed by atoms with Gasteiger partial charge in [-0.05, 0) is 45.5 Å². The molecule has 1 unspecified atom stereocenters. The Balaban J connectivity index is 0. The van der Waals surface area contributed by atoms with Crippen molar-refractivity contribution >= 4 is 36.5 Å². The highest BCUT2D eigenvalue weighted by atomic mass is 32.1. The van der Waals surface area contributed by atoms with Crippen LogP contribution in [0.25, 0.3) is 0 Å². The topological polar surface area (TPSA) is 75.3 Å². The van der Waals surface area contributed by atoms with Gasteiger partial charge in [0, 0.05) is 27.5 Å². The van der Waals surface area contributed by atoms with Crippen LogP contribution in [0.4, 0.5) is 18.9 Å². The zero-order valence-electron chi connectivity index (χ0n) is 17.0. The van der Waals surface area contributed by atoms with Crippen LogP contribution >= 0.6 is 11.3 Å². The summed E-state index contributed by atoms with van der Waals surface area (Å²) in [5.74, 6) is -2.23. The SMILES string of the molecule is C=O.C=O.CCC(CF)NC.Cc1cc(C(=O)Nc2ccc(F)c(F)c2)c(C)s1. The number of amides is 1. The summed E-state index contributed by atoms with van der Waals surface area (Å²) in [4.78, 5) is 29.9. The van der Waals surface area contributed by atoms with E-state index in [-0.39, 0.29) is 24.3 Å². The first kappa shape index (κ1) is 28.7. The number of alkyl halides is 1. The third-order valence-electron chi connectivity index (χ3n) is 3.55. The van der Waals surface area contributed by atoms with E-state index in [1.165, 1.54) is 17.4 Å². The molecule has 2 aromatic rings. The van der Waals surface area contributed by atoms with Crippen molar-refractivity contribution in [1.82, 2.24) is 5.32 Å². The van der Waals surface area contributed by atoms with Crippen LogP contribution in [-0.4, -0.2) is 39.2 Å². The molecule has 0 bridgehead atoms. The van der Waals surface area contributed by atoms with E-state index in [9.17, 15) is 18.0 Å². The van der Waals surface area contributed by atoms with Crippen molar-refractivity contribution in [1.29, 1.82) is 0 Å². The number of benzene rings is 1. The monoisotopic (exact) mass is 432 g/mol. The number of thiophene rings is 1. The molecule has 29 heavy (non-hydrogen) atoms. The second-order valence-electron chi connectivity index (χ2n) is 5.46. The summed E-state index contributed by atoms with van der Waals surface area (Å²) in [5, 5.41) is 5.37. The molecule has 0 aliphatic heterocycles. The number of carbonyl (C=O) groups is 3. The van der Waals surface area contributed by atoms with E-state index in [1.807, 2.05) is 34.3 Å². The molecule has 162 valence electrons. The molecule has 1 heterocycles. The summed E-state index contributed by atoms with van der Waals surface area (Å²) >= 11 is 1.52. The lowest BCUT2D eigenvalue weighted by Crippen LogP contribution is -2.25. The van der Waals surface area contributed by atoms with Crippen molar-refractivity contribution < 1.29 is 27.6 Å². The number of halogens is 3. The quantitative estimate of drug-likeness (QED) is 0.731. The maximum absolute atomic E-state index is 13.0. The van der Waals surface area contributed by atoms with E-state index in [4.69, 9.17) is 9.59 Å². The van der Waals surface area contributed by atoms with Gasteiger partial charge in [-0.1, -0.05) is 6.92 Å². The fraction of sp³-hybridized carbons (Fsp3) is 0.350. The molecule has 1 aromatic heterocycles. The predicted octanol–water partition coefficient (Wildman–Crippen LogP) is 4.48. The van der Waals surface area contributed by atoms with Crippen molar-refractivity contribution in [3.8, 4) is 0 Å². The van der Waals surface area contributed by atoms with Gasteiger partial charge in [0.2, 0.25) is 0 Å². The molecule has 0 aliphatic rings. The minimum atomic E-state index is -0.981. The maximum atomic E-state index is 13.0. The van der Waals surface area contributed by atoms with E-state index >= 15 is 0 Å². The van der Waals surface area contributed by atoms with Gasteiger partial charge in [-0.2, -0.15) is 0 Å². The summed E-state index contributed by atoms with van der Waals surface area (Å²) in [6.07, 6.45) is 0.868. The molecule has 0 spiro atoms. The van der Waals surface area contributed by atoms with Crippen molar-refractivity contribution in [3.05, 3.63) is 51.2 Å². The molecule has 0 radical (unpaired) electrons. The molecule has 5 nitrogen and oxygen atoms in total. The third-order valence-corrected chi connectivity index (χ3v) is 4.52. The van der Waals surface area contributed by atoms with E-state index in [0.717, 1.165) is 28.3 Å². The number of aryl methyl sites for hydroxylation is 2. The third kappa shape index (κ3) is 10.6. The van der Waals surface area contributed by atoms with E-state index < -0.39 is 11.6 Å². The van der Waals surface area contributed by atoms with Crippen LogP contribution in [0.3, 0.4) is 0 Å². The van der Waals surface area contributed by atoms with Crippen molar-refractivity contribution in [2.24, 2.45) is 0 Å². The highest BCUT2D eigenvalue weighted by Gasteiger charge is 2.13. The molecule has 1 atom stereocenters. The Morgan fingerprint density at radius 3 is 2.03 bits per heavy atom. The fourth-order valence-electron chi connectivity index (χ4n) is 2.02. The Hall–Kier alpha value is -2.52. The average molecular weight is 433 g/mol. The largest absolute Gasteiger partial charge is 0.322 e. The average Bonchev–Trinajstić information content (AvgIpc) is 3.08. The second-order valence-corrected chi connectivity index (χ2v) is 6.92. The van der Waals surface area contributed by atoms with Crippen molar-refractivity contribution in [2.75, 3.05) is 19.0 Å². The van der Waals surface area contributed by atoms with Gasteiger partial charge >= 0.3 is 0 Å². The Bertz CT molecular complexity index is 730. The van der Waals surface area contributed by atoms with Gasteiger partial charge in [0.1, 0.15) is 20.3 Å². The lowest BCUT2D eigenvalue weighted by atomic mass is 10.2. The van der Waals surface area contributed by atoms with Crippen LogP contribution < -0.4 is 10.6 Å². The summed E-state index contributed by atoms with van der Waals surface area (Å²) in [5.41, 5.74) is 0.796. The van der Waals surface area contributed by atoms with Crippen molar-refractivity contribution in [3.63, 3.8) is 0 Å². The van der Waals surface area contributed by atoms with E-state index in [1.54, 1.807) is 13.1 Å². The van der Waals surface area contributed by atoms with Gasteiger partial charge in [-0.15, -0.1) is 11.3 Å². The molecule has 0 aliphatic carbocycles. The zero-order valence-corrected chi connectivity index (χ0v) is 17.8. The van der Waals surface area contributed by atoms with Crippen molar-refractivity contribution in [2.45, 2.75) is 33.2 Å². The number of hydrogen-bond acceptors (Lipinski definition) is 5. The minimum absolute atomic E-state index is 0.0694. The van der Waals surface area contributed by atoms with Crippen LogP contribution in [0.5, 0.6) is 0 Å². The maximum Gasteiger partial charge on any atom is 0.256 e. The van der Waals surface area contributed by atoms with Crippen LogP contribution in [-0.2, 0) is 9.59 Å². The molecule has 0 saturated carbocycles. The molecule has 0 fully saturated rings. The standard InChI is InChI=1S/C13H11F2NOS.C5H12FN.2CH2O/c1-7-5-10(8(2)18-7)13(17)16-9-3-4-11(14)12(15)6-9;1-3-5(4-6)7-2;2*1-2/h3-6H,1-2H3,(H,16,17);5,7H,3-4H2,1-2H3;2*1H2. The lowest BCUT2D eigenvalue weighted by molar-refractivity contribution is -0.0987. The first-order valence-corrected chi connectivity index (χ1v) is 9.28. The van der Waals surface area contributed by atoms with Crippen LogP contribution in [0, 0.1) is 25.5 Å².